The molecule has 0 saturated heterocycles. The summed E-state index contributed by atoms with van der Waals surface area (Å²) in [6, 6.07) is 0. The fraction of sp³-hybridized carbons (Fsp3) is 1.00. The molecule has 1 rings (SSSR count). The van der Waals surface area contributed by atoms with Crippen LogP contribution in [0.15, 0.2) is 4.36 Å². The Morgan fingerprint density at radius 3 is 2.70 bits per heavy atom. The molecule has 0 amide bonds. The lowest BCUT2D eigenvalue weighted by molar-refractivity contribution is 0.630. The summed E-state index contributed by atoms with van der Waals surface area (Å²) in [5, 5.41) is 0. The Morgan fingerprint density at radius 1 is 1.70 bits per heavy atom. The Bertz CT molecular complexity index is 214. The molecule has 1 aliphatic rings. The highest BCUT2D eigenvalue weighted by molar-refractivity contribution is 7.89. The van der Waals surface area contributed by atoms with Crippen molar-refractivity contribution in [3.8, 4) is 0 Å². The predicted octanol–water partition coefficient (Wildman–Crippen LogP) is 1.99. The van der Waals surface area contributed by atoms with Gasteiger partial charge < -0.3 is 4.55 Å². The summed E-state index contributed by atoms with van der Waals surface area (Å²) in [6.07, 6.45) is 2.48. The van der Waals surface area contributed by atoms with Gasteiger partial charge >= 0.3 is 0 Å². The summed E-state index contributed by atoms with van der Waals surface area (Å²) in [6.45, 7) is 2.52. The molecule has 0 aromatic rings. The highest BCUT2D eigenvalue weighted by Gasteiger charge is 2.20. The van der Waals surface area contributed by atoms with E-state index in [1.54, 1.807) is 6.92 Å². The molecule has 1 saturated carbocycles. The second-order valence-corrected chi connectivity index (χ2v) is 4.88. The van der Waals surface area contributed by atoms with Gasteiger partial charge in [-0.3, -0.25) is 0 Å². The number of nitrogens with one attached hydrogen (secondary N) is 1. The van der Waals surface area contributed by atoms with Crippen molar-refractivity contribution >= 4 is 9.90 Å². The van der Waals surface area contributed by atoms with Crippen LogP contribution in [0.2, 0.25) is 0 Å². The van der Waals surface area contributed by atoms with Gasteiger partial charge in [-0.1, -0.05) is 6.92 Å². The smallest absolute Gasteiger partial charge is 0.0518 e. The molecular formula is C6H14N2OS. The fourth-order valence-corrected chi connectivity index (χ4v) is 1.26. The van der Waals surface area contributed by atoms with Crippen LogP contribution >= 0.6 is 0 Å². The minimum atomic E-state index is -2.30. The van der Waals surface area contributed by atoms with E-state index in [0.29, 0.717) is 18.2 Å². The van der Waals surface area contributed by atoms with Crippen LogP contribution in [0.25, 0.3) is 0 Å². The van der Waals surface area contributed by atoms with Crippen molar-refractivity contribution in [2.45, 2.75) is 19.8 Å². The highest BCUT2D eigenvalue weighted by atomic mass is 32.2. The van der Waals surface area contributed by atoms with Crippen LogP contribution in [0.4, 0.5) is 0 Å². The molecule has 60 valence electrons. The van der Waals surface area contributed by atoms with Crippen LogP contribution in [0.1, 0.15) is 19.8 Å². The average Bonchev–Trinajstić information content (AvgIpc) is 2.66. The molecule has 1 unspecified atom stereocenters. The van der Waals surface area contributed by atoms with E-state index < -0.39 is 9.90 Å². The molecule has 2 N–H and O–H groups in total. The zero-order chi connectivity index (χ0) is 7.61. The summed E-state index contributed by atoms with van der Waals surface area (Å²) in [5.41, 5.74) is 0. The normalized spacial score (nSPS) is 23.8. The highest BCUT2D eigenvalue weighted by Crippen LogP contribution is 2.29. The van der Waals surface area contributed by atoms with Crippen LogP contribution in [0, 0.1) is 10.7 Å². The fourth-order valence-electron chi connectivity index (χ4n) is 0.620. The zero-order valence-corrected chi connectivity index (χ0v) is 7.02. The first-order valence-electron chi connectivity index (χ1n) is 3.61. The van der Waals surface area contributed by atoms with Crippen molar-refractivity contribution in [1.29, 1.82) is 4.78 Å². The maximum absolute atomic E-state index is 9.18. The number of hydrogen-bond donors (Lipinski definition) is 2. The van der Waals surface area contributed by atoms with Gasteiger partial charge in [0.1, 0.15) is 0 Å². The minimum absolute atomic E-state index is 0.472. The van der Waals surface area contributed by atoms with E-state index in [1.807, 2.05) is 0 Å². The van der Waals surface area contributed by atoms with Crippen molar-refractivity contribution in [3.63, 3.8) is 0 Å². The largest absolute Gasteiger partial charge is 0.315 e. The summed E-state index contributed by atoms with van der Waals surface area (Å²) < 4.78 is 20.4. The molecule has 1 aliphatic carbocycles. The van der Waals surface area contributed by atoms with E-state index >= 15 is 0 Å². The Balaban J connectivity index is 2.42. The molecule has 3 nitrogen and oxygen atoms in total. The minimum Gasteiger partial charge on any atom is -0.315 e. The summed E-state index contributed by atoms with van der Waals surface area (Å²) in [4.78, 5) is 0. The molecule has 10 heavy (non-hydrogen) atoms. The van der Waals surface area contributed by atoms with Gasteiger partial charge in [-0.05, 0) is 18.8 Å². The Hall–Kier alpha value is -0.0900. The number of hydrogen-bond acceptors (Lipinski definition) is 2. The third-order valence-electron chi connectivity index (χ3n) is 1.65. The topological polar surface area (TPSA) is 56.4 Å². The summed E-state index contributed by atoms with van der Waals surface area (Å²) >= 11 is 0. The molecule has 1 atom stereocenters. The van der Waals surface area contributed by atoms with E-state index in [-0.39, 0.29) is 0 Å². The quantitative estimate of drug-likeness (QED) is 0.655. The number of nitrogens with zero attached hydrogens (tertiary/aromatic N) is 1. The first-order valence-corrected chi connectivity index (χ1v) is 5.32. The van der Waals surface area contributed by atoms with E-state index in [2.05, 4.69) is 4.36 Å². The van der Waals surface area contributed by atoms with Crippen molar-refractivity contribution in [2.24, 2.45) is 10.3 Å². The van der Waals surface area contributed by atoms with Gasteiger partial charge in [0.15, 0.2) is 0 Å². The van der Waals surface area contributed by atoms with Crippen LogP contribution < -0.4 is 0 Å². The molecule has 1 fully saturated rings. The molecule has 0 heterocycles. The van der Waals surface area contributed by atoms with E-state index in [1.165, 1.54) is 12.8 Å². The van der Waals surface area contributed by atoms with Gasteiger partial charge in [0.25, 0.3) is 0 Å². The SMILES string of the molecule is CCS(=N)(O)=NCC1CC1. The first-order chi connectivity index (χ1) is 4.64. The maximum Gasteiger partial charge on any atom is 0.0518 e. The lowest BCUT2D eigenvalue weighted by Gasteiger charge is -2.00. The molecule has 0 aliphatic heterocycles. The number of rotatable bonds is 3. The lowest BCUT2D eigenvalue weighted by atomic mass is 10.4. The van der Waals surface area contributed by atoms with E-state index in [4.69, 9.17) is 4.78 Å². The Kier molecular flexibility index (Phi) is 2.31. The standard InChI is InChI=1S/C6H14N2OS/c1-2-10(7,9)8-5-6-3-4-6/h6H,2-5H2,1H3,(H2,7,8,9). The molecule has 0 spiro atoms. The van der Waals surface area contributed by atoms with Gasteiger partial charge in [-0.2, -0.15) is 0 Å². The first kappa shape index (κ1) is 8.01. The van der Waals surface area contributed by atoms with E-state index in [9.17, 15) is 4.55 Å². The Morgan fingerprint density at radius 2 is 2.30 bits per heavy atom. The summed E-state index contributed by atoms with van der Waals surface area (Å²) in [7, 11) is -2.30. The average molecular weight is 162 g/mol. The van der Waals surface area contributed by atoms with Gasteiger partial charge in [0.05, 0.1) is 6.54 Å². The second kappa shape index (κ2) is 2.88. The van der Waals surface area contributed by atoms with Crippen molar-refractivity contribution in [3.05, 3.63) is 0 Å². The molecule has 0 bridgehead atoms. The van der Waals surface area contributed by atoms with Crippen LogP contribution in [-0.2, 0) is 9.90 Å². The van der Waals surface area contributed by atoms with Crippen LogP contribution in [-0.4, -0.2) is 16.9 Å². The van der Waals surface area contributed by atoms with Crippen LogP contribution in [0.5, 0.6) is 0 Å². The van der Waals surface area contributed by atoms with Gasteiger partial charge in [-0.15, -0.1) is 0 Å². The third-order valence-corrected chi connectivity index (χ3v) is 3.03. The van der Waals surface area contributed by atoms with Crippen molar-refractivity contribution < 1.29 is 4.55 Å². The van der Waals surface area contributed by atoms with Gasteiger partial charge in [-0.25, -0.2) is 9.14 Å². The molecule has 0 aromatic heterocycles. The molecular weight excluding hydrogens is 148 g/mol. The van der Waals surface area contributed by atoms with E-state index in [0.717, 1.165) is 0 Å². The third kappa shape index (κ3) is 2.66. The Labute approximate surface area is 62.3 Å². The maximum atomic E-state index is 9.18. The van der Waals surface area contributed by atoms with Gasteiger partial charge in [0, 0.05) is 15.7 Å². The second-order valence-electron chi connectivity index (χ2n) is 2.71. The van der Waals surface area contributed by atoms with Crippen molar-refractivity contribution in [1.82, 2.24) is 0 Å². The van der Waals surface area contributed by atoms with Crippen LogP contribution in [0.3, 0.4) is 0 Å². The van der Waals surface area contributed by atoms with Gasteiger partial charge in [0.2, 0.25) is 0 Å². The molecule has 4 heteroatoms. The summed E-state index contributed by atoms with van der Waals surface area (Å²) in [5.74, 6) is 1.16. The monoisotopic (exact) mass is 162 g/mol. The zero-order valence-electron chi connectivity index (χ0n) is 6.21. The molecule has 0 radical (unpaired) electrons. The molecule has 0 aromatic carbocycles. The lowest BCUT2D eigenvalue weighted by Crippen LogP contribution is -1.99. The predicted molar refractivity (Wildman–Crippen MR) is 43.3 cm³/mol. The van der Waals surface area contributed by atoms with Crippen molar-refractivity contribution in [2.75, 3.05) is 12.3 Å².